The SMILES string of the molecule is CC(C)(C)c1c(C(=O)O)nnn1C1CCOC1. The van der Waals surface area contributed by atoms with Crippen molar-refractivity contribution < 1.29 is 14.6 Å². The summed E-state index contributed by atoms with van der Waals surface area (Å²) in [5.74, 6) is -1.03. The van der Waals surface area contributed by atoms with Gasteiger partial charge in [0, 0.05) is 12.0 Å². The van der Waals surface area contributed by atoms with Crippen molar-refractivity contribution >= 4 is 5.97 Å². The third kappa shape index (κ3) is 2.17. The highest BCUT2D eigenvalue weighted by molar-refractivity contribution is 5.86. The summed E-state index contributed by atoms with van der Waals surface area (Å²) in [4.78, 5) is 11.1. The van der Waals surface area contributed by atoms with Gasteiger partial charge in [-0.2, -0.15) is 0 Å². The number of hydrogen-bond acceptors (Lipinski definition) is 4. The Hall–Kier alpha value is -1.43. The molecule has 6 heteroatoms. The molecular formula is C11H17N3O3. The van der Waals surface area contributed by atoms with Crippen LogP contribution in [0.5, 0.6) is 0 Å². The summed E-state index contributed by atoms with van der Waals surface area (Å²) in [6, 6.07) is 0.102. The normalized spacial score (nSPS) is 20.8. The highest BCUT2D eigenvalue weighted by Gasteiger charge is 2.32. The van der Waals surface area contributed by atoms with Gasteiger partial charge >= 0.3 is 5.97 Å². The molecule has 0 spiro atoms. The van der Waals surface area contributed by atoms with E-state index in [2.05, 4.69) is 10.3 Å². The lowest BCUT2D eigenvalue weighted by Crippen LogP contribution is -2.24. The van der Waals surface area contributed by atoms with Crippen LogP contribution in [0.2, 0.25) is 0 Å². The Labute approximate surface area is 99.6 Å². The van der Waals surface area contributed by atoms with Crippen LogP contribution in [-0.4, -0.2) is 39.3 Å². The van der Waals surface area contributed by atoms with E-state index in [0.29, 0.717) is 18.9 Å². The van der Waals surface area contributed by atoms with Gasteiger partial charge in [-0.05, 0) is 6.42 Å². The lowest BCUT2D eigenvalue weighted by atomic mass is 9.90. The number of carboxylic acid groups (broad SMARTS) is 1. The van der Waals surface area contributed by atoms with E-state index in [-0.39, 0.29) is 17.2 Å². The Kier molecular flexibility index (Phi) is 2.91. The molecule has 1 aliphatic heterocycles. The van der Waals surface area contributed by atoms with E-state index in [1.165, 1.54) is 0 Å². The first-order valence-corrected chi connectivity index (χ1v) is 5.68. The van der Waals surface area contributed by atoms with Gasteiger partial charge in [0.2, 0.25) is 0 Å². The first-order chi connectivity index (χ1) is 7.91. The zero-order chi connectivity index (χ0) is 12.6. The minimum Gasteiger partial charge on any atom is -0.476 e. The zero-order valence-electron chi connectivity index (χ0n) is 10.3. The summed E-state index contributed by atoms with van der Waals surface area (Å²) >= 11 is 0. The van der Waals surface area contributed by atoms with Gasteiger partial charge in [-0.15, -0.1) is 5.10 Å². The number of carboxylic acids is 1. The molecule has 1 saturated heterocycles. The standard InChI is InChI=1S/C11H17N3O3/c1-11(2,3)9-8(10(15)16)12-13-14(9)7-4-5-17-6-7/h7H,4-6H2,1-3H3,(H,15,16). The number of carbonyl (C=O) groups is 1. The molecule has 1 aromatic rings. The summed E-state index contributed by atoms with van der Waals surface area (Å²) in [6.45, 7) is 7.15. The van der Waals surface area contributed by atoms with Gasteiger partial charge in [-0.3, -0.25) is 0 Å². The Bertz CT molecular complexity index is 428. The fraction of sp³-hybridized carbons (Fsp3) is 0.727. The molecular weight excluding hydrogens is 222 g/mol. The van der Waals surface area contributed by atoms with Crippen LogP contribution in [0, 0.1) is 0 Å². The Balaban J connectivity index is 2.48. The molecule has 0 radical (unpaired) electrons. The summed E-state index contributed by atoms with van der Waals surface area (Å²) in [7, 11) is 0. The second kappa shape index (κ2) is 4.10. The van der Waals surface area contributed by atoms with Gasteiger partial charge in [-0.1, -0.05) is 26.0 Å². The number of nitrogens with zero attached hydrogens (tertiary/aromatic N) is 3. The fourth-order valence-corrected chi connectivity index (χ4v) is 2.11. The molecule has 1 unspecified atom stereocenters. The van der Waals surface area contributed by atoms with Crippen molar-refractivity contribution in [3.63, 3.8) is 0 Å². The third-order valence-corrected chi connectivity index (χ3v) is 2.86. The molecule has 0 bridgehead atoms. The van der Waals surface area contributed by atoms with Crippen LogP contribution in [0.15, 0.2) is 0 Å². The largest absolute Gasteiger partial charge is 0.476 e. The average Bonchev–Trinajstić information content (AvgIpc) is 2.85. The molecule has 2 heterocycles. The highest BCUT2D eigenvalue weighted by atomic mass is 16.5. The van der Waals surface area contributed by atoms with Gasteiger partial charge < -0.3 is 9.84 Å². The molecule has 1 fully saturated rings. The van der Waals surface area contributed by atoms with E-state index >= 15 is 0 Å². The van der Waals surface area contributed by atoms with E-state index in [9.17, 15) is 4.79 Å². The minimum atomic E-state index is -1.03. The lowest BCUT2D eigenvalue weighted by Gasteiger charge is -2.22. The Morgan fingerprint density at radius 1 is 1.53 bits per heavy atom. The van der Waals surface area contributed by atoms with Crippen LogP contribution < -0.4 is 0 Å². The predicted molar refractivity (Wildman–Crippen MR) is 60.2 cm³/mol. The molecule has 0 aromatic carbocycles. The Morgan fingerprint density at radius 3 is 2.71 bits per heavy atom. The molecule has 6 nitrogen and oxygen atoms in total. The van der Waals surface area contributed by atoms with Crippen molar-refractivity contribution in [1.82, 2.24) is 15.0 Å². The smallest absolute Gasteiger partial charge is 0.358 e. The van der Waals surface area contributed by atoms with Crippen LogP contribution in [0.3, 0.4) is 0 Å². The second-order valence-electron chi connectivity index (χ2n) is 5.30. The van der Waals surface area contributed by atoms with Crippen molar-refractivity contribution in [1.29, 1.82) is 0 Å². The average molecular weight is 239 g/mol. The number of aromatic nitrogens is 3. The highest BCUT2D eigenvalue weighted by Crippen LogP contribution is 2.29. The summed E-state index contributed by atoms with van der Waals surface area (Å²) in [6.07, 6.45) is 0.853. The van der Waals surface area contributed by atoms with Gasteiger partial charge in [0.15, 0.2) is 5.69 Å². The van der Waals surface area contributed by atoms with Crippen molar-refractivity contribution in [2.45, 2.75) is 38.6 Å². The van der Waals surface area contributed by atoms with Crippen molar-refractivity contribution in [2.75, 3.05) is 13.2 Å². The first-order valence-electron chi connectivity index (χ1n) is 5.68. The third-order valence-electron chi connectivity index (χ3n) is 2.86. The predicted octanol–water partition coefficient (Wildman–Crippen LogP) is 1.24. The van der Waals surface area contributed by atoms with Gasteiger partial charge in [0.25, 0.3) is 0 Å². The molecule has 0 amide bonds. The monoisotopic (exact) mass is 239 g/mol. The maximum Gasteiger partial charge on any atom is 0.358 e. The second-order valence-corrected chi connectivity index (χ2v) is 5.30. The molecule has 1 atom stereocenters. The van der Waals surface area contributed by atoms with E-state index in [0.717, 1.165) is 6.42 Å². The first kappa shape index (κ1) is 12.0. The van der Waals surface area contributed by atoms with Gasteiger partial charge in [0.05, 0.1) is 18.3 Å². The number of aromatic carboxylic acids is 1. The van der Waals surface area contributed by atoms with E-state index in [1.54, 1.807) is 4.68 Å². The van der Waals surface area contributed by atoms with E-state index in [1.807, 2.05) is 20.8 Å². The van der Waals surface area contributed by atoms with Gasteiger partial charge in [-0.25, -0.2) is 9.48 Å². The molecule has 0 saturated carbocycles. The maximum atomic E-state index is 11.1. The summed E-state index contributed by atoms with van der Waals surface area (Å²) < 4.78 is 7.03. The van der Waals surface area contributed by atoms with Crippen molar-refractivity contribution in [2.24, 2.45) is 0 Å². The minimum absolute atomic E-state index is 0.0457. The van der Waals surface area contributed by atoms with Gasteiger partial charge in [0.1, 0.15) is 0 Å². The zero-order valence-corrected chi connectivity index (χ0v) is 10.3. The molecule has 0 aliphatic carbocycles. The van der Waals surface area contributed by atoms with Crippen LogP contribution in [0.1, 0.15) is 49.4 Å². The van der Waals surface area contributed by atoms with Crippen LogP contribution >= 0.6 is 0 Å². The van der Waals surface area contributed by atoms with Crippen LogP contribution in [0.25, 0.3) is 0 Å². The molecule has 94 valence electrons. The number of ether oxygens (including phenoxy) is 1. The van der Waals surface area contributed by atoms with Crippen molar-refractivity contribution in [3.05, 3.63) is 11.4 Å². The number of hydrogen-bond donors (Lipinski definition) is 1. The molecule has 1 aliphatic rings. The van der Waals surface area contributed by atoms with E-state index < -0.39 is 5.97 Å². The van der Waals surface area contributed by atoms with E-state index in [4.69, 9.17) is 9.84 Å². The quantitative estimate of drug-likeness (QED) is 0.840. The Morgan fingerprint density at radius 2 is 2.24 bits per heavy atom. The molecule has 2 rings (SSSR count). The summed E-state index contributed by atoms with van der Waals surface area (Å²) in [5.41, 5.74) is 0.407. The molecule has 1 aromatic heterocycles. The fourth-order valence-electron chi connectivity index (χ4n) is 2.11. The van der Waals surface area contributed by atoms with Crippen molar-refractivity contribution in [3.8, 4) is 0 Å². The topological polar surface area (TPSA) is 77.2 Å². The molecule has 1 N–H and O–H groups in total. The maximum absolute atomic E-state index is 11.1. The lowest BCUT2D eigenvalue weighted by molar-refractivity contribution is 0.0687. The molecule has 17 heavy (non-hydrogen) atoms. The summed E-state index contributed by atoms with van der Waals surface area (Å²) in [5, 5.41) is 16.9. The van der Waals surface area contributed by atoms with Crippen LogP contribution in [-0.2, 0) is 10.2 Å². The number of rotatable bonds is 2. The van der Waals surface area contributed by atoms with Crippen LogP contribution in [0.4, 0.5) is 0 Å².